The van der Waals surface area contributed by atoms with Crippen molar-refractivity contribution in [2.24, 2.45) is 0 Å². The Hall–Kier alpha value is -3.60. The highest BCUT2D eigenvalue weighted by Gasteiger charge is 2.13. The van der Waals surface area contributed by atoms with Crippen LogP contribution in [0, 0.1) is 13.8 Å². The molecule has 0 aliphatic heterocycles. The van der Waals surface area contributed by atoms with Crippen molar-refractivity contribution in [2.75, 3.05) is 13.7 Å². The second kappa shape index (κ2) is 9.69. The molecule has 0 saturated carbocycles. The molecule has 0 radical (unpaired) electrons. The predicted molar refractivity (Wildman–Crippen MR) is 129 cm³/mol. The molecule has 1 aromatic heterocycles. The van der Waals surface area contributed by atoms with Crippen LogP contribution in [0.1, 0.15) is 24.0 Å². The molecule has 1 heterocycles. The number of hydrogen-bond donors (Lipinski definition) is 0. The van der Waals surface area contributed by atoms with E-state index in [0.29, 0.717) is 29.9 Å². The van der Waals surface area contributed by atoms with Crippen LogP contribution in [0.4, 0.5) is 0 Å². The third-order valence-electron chi connectivity index (χ3n) is 5.59. The number of aryl methyl sites for hydroxylation is 2. The van der Waals surface area contributed by atoms with Crippen molar-refractivity contribution in [3.8, 4) is 22.9 Å². The summed E-state index contributed by atoms with van der Waals surface area (Å²) in [6.07, 6.45) is 1.66. The van der Waals surface area contributed by atoms with Gasteiger partial charge in [-0.1, -0.05) is 24.3 Å². The first-order valence-electron chi connectivity index (χ1n) is 10.9. The Balaban J connectivity index is 1.54. The minimum Gasteiger partial charge on any atom is -0.497 e. The number of hydrogen-bond acceptors (Lipinski definition) is 4. The number of benzene rings is 3. The van der Waals surface area contributed by atoms with Crippen LogP contribution in [0.2, 0.25) is 0 Å². The molecule has 0 aliphatic carbocycles. The summed E-state index contributed by atoms with van der Waals surface area (Å²) in [6, 6.07) is 21.4. The summed E-state index contributed by atoms with van der Waals surface area (Å²) < 4.78 is 13.0. The van der Waals surface area contributed by atoms with E-state index in [2.05, 4.69) is 32.0 Å². The van der Waals surface area contributed by atoms with Crippen molar-refractivity contribution in [1.82, 2.24) is 9.55 Å². The third kappa shape index (κ3) is 4.67. The van der Waals surface area contributed by atoms with Crippen molar-refractivity contribution < 1.29 is 9.47 Å². The smallest absolute Gasteiger partial charge is 0.261 e. The molecule has 3 aromatic carbocycles. The maximum atomic E-state index is 13.3. The summed E-state index contributed by atoms with van der Waals surface area (Å²) in [5.41, 5.74) is 3.89. The Bertz CT molecular complexity index is 1280. The molecule has 0 bridgehead atoms. The van der Waals surface area contributed by atoms with Gasteiger partial charge in [0, 0.05) is 12.1 Å². The van der Waals surface area contributed by atoms with E-state index in [0.717, 1.165) is 35.5 Å². The molecule has 0 spiro atoms. The molecule has 32 heavy (non-hydrogen) atoms. The van der Waals surface area contributed by atoms with Gasteiger partial charge in [0.2, 0.25) is 0 Å². The molecule has 5 heteroatoms. The lowest BCUT2D eigenvalue weighted by atomic mass is 10.1. The van der Waals surface area contributed by atoms with Gasteiger partial charge in [-0.3, -0.25) is 9.36 Å². The van der Waals surface area contributed by atoms with Gasteiger partial charge >= 0.3 is 0 Å². The maximum Gasteiger partial charge on any atom is 0.261 e. The average Bonchev–Trinajstić information content (AvgIpc) is 2.82. The van der Waals surface area contributed by atoms with E-state index in [1.807, 2.05) is 48.5 Å². The van der Waals surface area contributed by atoms with E-state index in [4.69, 9.17) is 14.5 Å². The van der Waals surface area contributed by atoms with E-state index in [-0.39, 0.29) is 5.56 Å². The lowest BCUT2D eigenvalue weighted by Gasteiger charge is -2.15. The number of fused-ring (bicyclic) bond motifs is 1. The maximum absolute atomic E-state index is 13.3. The Labute approximate surface area is 188 Å². The minimum atomic E-state index is -0.0168. The van der Waals surface area contributed by atoms with Crippen LogP contribution < -0.4 is 15.0 Å². The van der Waals surface area contributed by atoms with Crippen molar-refractivity contribution in [3.05, 3.63) is 88.2 Å². The first kappa shape index (κ1) is 21.6. The molecular weight excluding hydrogens is 400 g/mol. The SMILES string of the molecule is COc1ccc(-c2nc3ccccc3c(=O)n2CCCCOc2cc(C)ccc2C)cc1. The molecule has 0 saturated heterocycles. The van der Waals surface area contributed by atoms with Crippen LogP contribution in [0.25, 0.3) is 22.3 Å². The van der Waals surface area contributed by atoms with Crippen molar-refractivity contribution in [2.45, 2.75) is 33.2 Å². The van der Waals surface area contributed by atoms with Gasteiger partial charge in [-0.15, -0.1) is 0 Å². The fraction of sp³-hybridized carbons (Fsp3) is 0.259. The van der Waals surface area contributed by atoms with Crippen LogP contribution in [0.3, 0.4) is 0 Å². The number of methoxy groups -OCH3 is 1. The summed E-state index contributed by atoms with van der Waals surface area (Å²) in [5.74, 6) is 2.37. The number of nitrogens with zero attached hydrogens (tertiary/aromatic N) is 2. The van der Waals surface area contributed by atoms with Gasteiger partial charge < -0.3 is 9.47 Å². The summed E-state index contributed by atoms with van der Waals surface area (Å²) in [4.78, 5) is 18.1. The van der Waals surface area contributed by atoms with Gasteiger partial charge in [-0.25, -0.2) is 4.98 Å². The standard InChI is InChI=1S/C27H28N2O3/c1-19-10-11-20(2)25(18-19)32-17-7-6-16-29-26(21-12-14-22(31-3)15-13-21)28-24-9-5-4-8-23(24)27(29)30/h4-5,8-15,18H,6-7,16-17H2,1-3H3. The molecule has 4 aromatic rings. The van der Waals surface area contributed by atoms with E-state index < -0.39 is 0 Å². The van der Waals surface area contributed by atoms with Gasteiger partial charge in [-0.05, 0) is 80.3 Å². The molecule has 164 valence electrons. The van der Waals surface area contributed by atoms with E-state index in [9.17, 15) is 4.79 Å². The first-order valence-corrected chi connectivity index (χ1v) is 10.9. The number of aromatic nitrogens is 2. The highest BCUT2D eigenvalue weighted by molar-refractivity contribution is 5.79. The third-order valence-corrected chi connectivity index (χ3v) is 5.59. The summed E-state index contributed by atoms with van der Waals surface area (Å²) in [6.45, 7) is 5.30. The predicted octanol–water partition coefficient (Wildman–Crippen LogP) is 5.55. The van der Waals surface area contributed by atoms with Crippen molar-refractivity contribution >= 4 is 10.9 Å². The fourth-order valence-electron chi connectivity index (χ4n) is 3.75. The zero-order chi connectivity index (χ0) is 22.5. The second-order valence-electron chi connectivity index (χ2n) is 7.96. The number of rotatable bonds is 8. The Kier molecular flexibility index (Phi) is 6.55. The summed E-state index contributed by atoms with van der Waals surface area (Å²) >= 11 is 0. The number of para-hydroxylation sites is 1. The van der Waals surface area contributed by atoms with Gasteiger partial charge in [0.25, 0.3) is 5.56 Å². The zero-order valence-electron chi connectivity index (χ0n) is 18.8. The molecular formula is C27H28N2O3. The molecule has 4 rings (SSSR count). The highest BCUT2D eigenvalue weighted by atomic mass is 16.5. The quantitative estimate of drug-likeness (QED) is 0.345. The van der Waals surface area contributed by atoms with Gasteiger partial charge in [0.1, 0.15) is 17.3 Å². The van der Waals surface area contributed by atoms with Gasteiger partial charge in [0.05, 0.1) is 24.6 Å². The minimum absolute atomic E-state index is 0.0168. The molecule has 0 amide bonds. The van der Waals surface area contributed by atoms with Gasteiger partial charge in [-0.2, -0.15) is 0 Å². The second-order valence-corrected chi connectivity index (χ2v) is 7.96. The van der Waals surface area contributed by atoms with Crippen LogP contribution in [-0.4, -0.2) is 23.3 Å². The highest BCUT2D eigenvalue weighted by Crippen LogP contribution is 2.23. The Morgan fingerprint density at radius 2 is 1.72 bits per heavy atom. The topological polar surface area (TPSA) is 53.3 Å². The van der Waals surface area contributed by atoms with Crippen LogP contribution in [0.15, 0.2) is 71.5 Å². The Morgan fingerprint density at radius 3 is 2.50 bits per heavy atom. The monoisotopic (exact) mass is 428 g/mol. The zero-order valence-corrected chi connectivity index (χ0v) is 18.8. The largest absolute Gasteiger partial charge is 0.497 e. The van der Waals surface area contributed by atoms with Gasteiger partial charge in [0.15, 0.2) is 0 Å². The average molecular weight is 429 g/mol. The normalized spacial score (nSPS) is 11.0. The molecule has 5 nitrogen and oxygen atoms in total. The number of ether oxygens (including phenoxy) is 2. The summed E-state index contributed by atoms with van der Waals surface area (Å²) in [7, 11) is 1.64. The molecule has 0 unspecified atom stereocenters. The molecule has 0 atom stereocenters. The lowest BCUT2D eigenvalue weighted by Crippen LogP contribution is -2.24. The Morgan fingerprint density at radius 1 is 0.938 bits per heavy atom. The molecule has 0 N–H and O–H groups in total. The molecule has 0 fully saturated rings. The van der Waals surface area contributed by atoms with E-state index in [1.165, 1.54) is 5.56 Å². The van der Waals surface area contributed by atoms with Crippen LogP contribution in [0.5, 0.6) is 11.5 Å². The van der Waals surface area contributed by atoms with Crippen LogP contribution in [-0.2, 0) is 6.54 Å². The molecule has 0 aliphatic rings. The van der Waals surface area contributed by atoms with Crippen LogP contribution >= 0.6 is 0 Å². The fourth-order valence-corrected chi connectivity index (χ4v) is 3.75. The van der Waals surface area contributed by atoms with Crippen molar-refractivity contribution in [3.63, 3.8) is 0 Å². The summed E-state index contributed by atoms with van der Waals surface area (Å²) in [5, 5.41) is 0.636. The number of unbranched alkanes of at least 4 members (excludes halogenated alkanes) is 1. The van der Waals surface area contributed by atoms with E-state index >= 15 is 0 Å². The first-order chi connectivity index (χ1) is 15.6. The van der Waals surface area contributed by atoms with Crippen molar-refractivity contribution in [1.29, 1.82) is 0 Å². The van der Waals surface area contributed by atoms with E-state index in [1.54, 1.807) is 11.7 Å². The lowest BCUT2D eigenvalue weighted by molar-refractivity contribution is 0.301.